The Morgan fingerprint density at radius 3 is 2.68 bits per heavy atom. The van der Waals surface area contributed by atoms with Crippen LogP contribution < -0.4 is 20.5 Å². The first-order valence-electron chi connectivity index (χ1n) is 12.5. The second-order valence-corrected chi connectivity index (χ2v) is 10.2. The van der Waals surface area contributed by atoms with Crippen molar-refractivity contribution >= 4 is 16.9 Å². The van der Waals surface area contributed by atoms with Crippen molar-refractivity contribution in [3.8, 4) is 11.5 Å². The van der Waals surface area contributed by atoms with E-state index in [0.29, 0.717) is 34.4 Å². The van der Waals surface area contributed by atoms with E-state index in [-0.39, 0.29) is 23.0 Å². The Morgan fingerprint density at radius 2 is 1.92 bits per heavy atom. The Labute approximate surface area is 218 Å². The molecule has 2 aromatic carbocycles. The number of aryl methyl sites for hydroxylation is 1. The van der Waals surface area contributed by atoms with Gasteiger partial charge in [-0.1, -0.05) is 12.1 Å². The standard InChI is InChI=1S/C29H30N2O7/c1-29(2)10-9-17-11-16(5-7-23(17)38-29)12-22-26(28(34)31-30-22)19(14-25(32)36-4)21-15-37-24-8-6-18(35-3)13-20(24)27(21)33/h5-8,11,13,15,19H,9-10,12,14H2,1-4H3,(H2,30,31,34). The third-order valence-corrected chi connectivity index (χ3v) is 7.11. The number of hydrogen-bond donors (Lipinski definition) is 2. The lowest BCUT2D eigenvalue weighted by atomic mass is 9.87. The van der Waals surface area contributed by atoms with Crippen LogP contribution >= 0.6 is 0 Å². The minimum atomic E-state index is -0.888. The van der Waals surface area contributed by atoms with Gasteiger partial charge in [-0.05, 0) is 62.1 Å². The summed E-state index contributed by atoms with van der Waals surface area (Å²) >= 11 is 0. The van der Waals surface area contributed by atoms with Gasteiger partial charge in [0.2, 0.25) is 0 Å². The minimum absolute atomic E-state index is 0.184. The molecular formula is C29H30N2O7. The van der Waals surface area contributed by atoms with Crippen molar-refractivity contribution in [3.63, 3.8) is 0 Å². The lowest BCUT2D eigenvalue weighted by Crippen LogP contribution is -2.32. The van der Waals surface area contributed by atoms with Crippen LogP contribution in [0.2, 0.25) is 0 Å². The van der Waals surface area contributed by atoms with E-state index in [1.165, 1.54) is 20.5 Å². The number of carbonyl (C=O) groups is 1. The van der Waals surface area contributed by atoms with Crippen molar-refractivity contribution in [2.75, 3.05) is 14.2 Å². The summed E-state index contributed by atoms with van der Waals surface area (Å²) in [6.45, 7) is 4.14. The molecule has 2 N–H and O–H groups in total. The van der Waals surface area contributed by atoms with Crippen molar-refractivity contribution in [3.05, 3.63) is 91.2 Å². The third-order valence-electron chi connectivity index (χ3n) is 7.11. The zero-order valence-electron chi connectivity index (χ0n) is 21.8. The highest BCUT2D eigenvalue weighted by Crippen LogP contribution is 2.35. The molecule has 0 amide bonds. The summed E-state index contributed by atoms with van der Waals surface area (Å²) in [6, 6.07) is 10.9. The van der Waals surface area contributed by atoms with E-state index < -0.39 is 17.4 Å². The number of methoxy groups -OCH3 is 2. The van der Waals surface area contributed by atoms with Gasteiger partial charge in [-0.25, -0.2) is 0 Å². The van der Waals surface area contributed by atoms with E-state index >= 15 is 0 Å². The fourth-order valence-corrected chi connectivity index (χ4v) is 5.05. The number of nitrogens with one attached hydrogen (secondary N) is 2. The number of benzene rings is 2. The van der Waals surface area contributed by atoms with Gasteiger partial charge in [0.15, 0.2) is 5.43 Å². The monoisotopic (exact) mass is 518 g/mol. The lowest BCUT2D eigenvalue weighted by Gasteiger charge is -2.32. The van der Waals surface area contributed by atoms with Gasteiger partial charge in [0.25, 0.3) is 5.56 Å². The maximum absolute atomic E-state index is 13.6. The van der Waals surface area contributed by atoms with Crippen LogP contribution in [0.25, 0.3) is 11.0 Å². The molecule has 9 heteroatoms. The number of aromatic amines is 2. The molecule has 1 unspecified atom stereocenters. The normalized spacial score (nSPS) is 14.9. The van der Waals surface area contributed by atoms with Gasteiger partial charge in [-0.3, -0.25) is 19.5 Å². The number of aromatic nitrogens is 2. The zero-order valence-corrected chi connectivity index (χ0v) is 21.8. The highest BCUT2D eigenvalue weighted by Gasteiger charge is 2.30. The SMILES string of the molecule is COC(=O)CC(c1c(Cc2ccc3c(c2)CCC(C)(C)O3)[nH][nH]c1=O)c1coc2ccc(OC)cc2c1=O. The average Bonchev–Trinajstić information content (AvgIpc) is 3.26. The number of H-pyrrole nitrogens is 2. The predicted octanol–water partition coefficient (Wildman–Crippen LogP) is 4.21. The average molecular weight is 519 g/mol. The van der Waals surface area contributed by atoms with Crippen molar-refractivity contribution < 1.29 is 23.4 Å². The predicted molar refractivity (Wildman–Crippen MR) is 141 cm³/mol. The van der Waals surface area contributed by atoms with Gasteiger partial charge in [-0.2, -0.15) is 0 Å². The summed E-state index contributed by atoms with van der Waals surface area (Å²) in [6.07, 6.45) is 3.28. The Hall–Kier alpha value is -4.27. The van der Waals surface area contributed by atoms with E-state index in [4.69, 9.17) is 18.6 Å². The number of ether oxygens (including phenoxy) is 3. The molecule has 1 atom stereocenters. The number of rotatable bonds is 7. The molecule has 0 bridgehead atoms. The number of fused-ring (bicyclic) bond motifs is 2. The Morgan fingerprint density at radius 1 is 1.11 bits per heavy atom. The summed E-state index contributed by atoms with van der Waals surface area (Å²) in [5.74, 6) is -0.0896. The lowest BCUT2D eigenvalue weighted by molar-refractivity contribution is -0.140. The van der Waals surface area contributed by atoms with Gasteiger partial charge in [0, 0.05) is 29.2 Å². The summed E-state index contributed by atoms with van der Waals surface area (Å²) in [7, 11) is 2.78. The zero-order chi connectivity index (χ0) is 27.0. The van der Waals surface area contributed by atoms with E-state index in [1.54, 1.807) is 18.2 Å². The topological polar surface area (TPSA) is 124 Å². The maximum Gasteiger partial charge on any atom is 0.306 e. The van der Waals surface area contributed by atoms with Gasteiger partial charge < -0.3 is 23.7 Å². The molecule has 0 saturated heterocycles. The maximum atomic E-state index is 13.6. The molecule has 0 saturated carbocycles. The van der Waals surface area contributed by atoms with Crippen LogP contribution in [0.4, 0.5) is 0 Å². The molecule has 1 aliphatic rings. The van der Waals surface area contributed by atoms with E-state index in [0.717, 1.165) is 29.7 Å². The van der Waals surface area contributed by atoms with E-state index in [2.05, 4.69) is 30.1 Å². The molecule has 0 spiro atoms. The summed E-state index contributed by atoms with van der Waals surface area (Å²) < 4.78 is 22.0. The largest absolute Gasteiger partial charge is 0.497 e. The Kier molecular flexibility index (Phi) is 6.60. The van der Waals surface area contributed by atoms with Crippen molar-refractivity contribution in [1.29, 1.82) is 0 Å². The van der Waals surface area contributed by atoms with Crippen molar-refractivity contribution in [2.45, 2.75) is 51.0 Å². The Balaban J connectivity index is 1.57. The number of carbonyl (C=O) groups excluding carboxylic acids is 1. The van der Waals surface area contributed by atoms with Crippen LogP contribution in [0.15, 0.2) is 56.7 Å². The van der Waals surface area contributed by atoms with Gasteiger partial charge in [0.05, 0.1) is 32.3 Å². The van der Waals surface area contributed by atoms with Crippen LogP contribution in [0, 0.1) is 0 Å². The van der Waals surface area contributed by atoms with E-state index in [1.807, 2.05) is 12.1 Å². The third kappa shape index (κ3) is 4.83. The first kappa shape index (κ1) is 25.4. The summed E-state index contributed by atoms with van der Waals surface area (Å²) in [4.78, 5) is 39.1. The highest BCUT2D eigenvalue weighted by molar-refractivity contribution is 5.79. The second kappa shape index (κ2) is 9.89. The fourth-order valence-electron chi connectivity index (χ4n) is 5.05. The van der Waals surface area contributed by atoms with Crippen LogP contribution in [0.3, 0.4) is 0 Å². The first-order valence-corrected chi connectivity index (χ1v) is 12.5. The number of esters is 1. The summed E-state index contributed by atoms with van der Waals surface area (Å²) in [5.41, 5.74) is 2.53. The smallest absolute Gasteiger partial charge is 0.306 e. The van der Waals surface area contributed by atoms with Crippen molar-refractivity contribution in [1.82, 2.24) is 10.2 Å². The minimum Gasteiger partial charge on any atom is -0.497 e. The molecule has 1 aliphatic heterocycles. The van der Waals surface area contributed by atoms with E-state index in [9.17, 15) is 14.4 Å². The summed E-state index contributed by atoms with van der Waals surface area (Å²) in [5, 5.41) is 5.89. The molecule has 198 valence electrons. The van der Waals surface area contributed by atoms with Gasteiger partial charge in [0.1, 0.15) is 22.7 Å². The van der Waals surface area contributed by atoms with Crippen LogP contribution in [-0.4, -0.2) is 36.0 Å². The van der Waals surface area contributed by atoms with Crippen LogP contribution in [-0.2, 0) is 22.4 Å². The molecule has 9 nitrogen and oxygen atoms in total. The molecule has 3 heterocycles. The molecule has 4 aromatic rings. The number of hydrogen-bond acceptors (Lipinski definition) is 7. The molecule has 0 fully saturated rings. The van der Waals surface area contributed by atoms with Crippen LogP contribution in [0.5, 0.6) is 11.5 Å². The van der Waals surface area contributed by atoms with Gasteiger partial charge >= 0.3 is 5.97 Å². The highest BCUT2D eigenvalue weighted by atomic mass is 16.5. The van der Waals surface area contributed by atoms with Crippen molar-refractivity contribution in [2.24, 2.45) is 0 Å². The molecule has 2 aromatic heterocycles. The molecule has 38 heavy (non-hydrogen) atoms. The second-order valence-electron chi connectivity index (χ2n) is 10.2. The van der Waals surface area contributed by atoms with Crippen LogP contribution in [0.1, 0.15) is 60.6 Å². The molecular weight excluding hydrogens is 488 g/mol. The quantitative estimate of drug-likeness (QED) is 0.351. The molecule has 0 aliphatic carbocycles. The molecule has 5 rings (SSSR count). The van der Waals surface area contributed by atoms with Gasteiger partial charge in [-0.15, -0.1) is 0 Å². The Bertz CT molecular complexity index is 1630. The first-order chi connectivity index (χ1) is 18.2. The fraction of sp³-hybridized carbons (Fsp3) is 0.345. The molecule has 0 radical (unpaired) electrons.